The number of ether oxygens (including phenoxy) is 1. The number of anilines is 1. The van der Waals surface area contributed by atoms with Gasteiger partial charge < -0.3 is 0 Å². The van der Waals surface area contributed by atoms with Gasteiger partial charge in [-0.2, -0.15) is 0 Å². The molecule has 2 amide bonds. The molecule has 2 aliphatic rings. The predicted octanol–water partition coefficient (Wildman–Crippen LogP) is 2.32. The van der Waals surface area contributed by atoms with Crippen LogP contribution in [0, 0.1) is 3.56 Å². The van der Waals surface area contributed by atoms with Gasteiger partial charge in [0.25, 0.3) is 0 Å². The van der Waals surface area contributed by atoms with Crippen molar-refractivity contribution in [2.45, 2.75) is 16.8 Å². The van der Waals surface area contributed by atoms with Crippen LogP contribution >= 0.6 is 29.8 Å². The molecular formula is C10H16IN5O2S. The SMILES string of the molecule is COc1nsc(NC(=O)N2CC3CCCI3(=N)C2)n1. The van der Waals surface area contributed by atoms with Crippen LogP contribution in [0.1, 0.15) is 12.8 Å². The normalized spacial score (nSPS) is 32.7. The first-order chi connectivity index (χ1) is 9.10. The van der Waals surface area contributed by atoms with E-state index in [1.165, 1.54) is 13.5 Å². The van der Waals surface area contributed by atoms with E-state index in [9.17, 15) is 4.79 Å². The number of rotatable bonds is 2. The molecule has 19 heavy (non-hydrogen) atoms. The molecule has 0 aromatic carbocycles. The maximum atomic E-state index is 12.1. The van der Waals surface area contributed by atoms with Crippen molar-refractivity contribution < 1.29 is 9.53 Å². The summed E-state index contributed by atoms with van der Waals surface area (Å²) in [4.78, 5) is 18.0. The Balaban J connectivity index is 1.64. The van der Waals surface area contributed by atoms with Gasteiger partial charge in [0, 0.05) is 0 Å². The Morgan fingerprint density at radius 2 is 2.53 bits per heavy atom. The molecule has 2 aliphatic heterocycles. The summed E-state index contributed by atoms with van der Waals surface area (Å²) in [5.41, 5.74) is 0. The molecule has 0 bridgehead atoms. The van der Waals surface area contributed by atoms with Crippen LogP contribution in [0.2, 0.25) is 0 Å². The molecule has 2 atom stereocenters. The molecule has 0 saturated carbocycles. The Morgan fingerprint density at radius 1 is 1.68 bits per heavy atom. The monoisotopic (exact) mass is 397 g/mol. The quantitative estimate of drug-likeness (QED) is 0.455. The molecule has 2 saturated heterocycles. The van der Waals surface area contributed by atoms with Gasteiger partial charge in [0.2, 0.25) is 0 Å². The number of nitrogens with zero attached hydrogens (tertiary/aromatic N) is 3. The Morgan fingerprint density at radius 3 is 3.21 bits per heavy atom. The van der Waals surface area contributed by atoms with Gasteiger partial charge in [0.15, 0.2) is 0 Å². The number of aromatic nitrogens is 2. The van der Waals surface area contributed by atoms with Gasteiger partial charge in [0.1, 0.15) is 0 Å². The van der Waals surface area contributed by atoms with Crippen LogP contribution in [0.25, 0.3) is 0 Å². The molecule has 106 valence electrons. The summed E-state index contributed by atoms with van der Waals surface area (Å²) in [6.45, 7) is 0.752. The molecule has 3 rings (SSSR count). The standard InChI is InChI=1S/C10H16IN5O2S/c1-18-8-13-9(19-15-8)14-10(17)16-5-7-3-2-4-11(7,12)6-16/h7,12H,2-6H2,1H3,(H,13,14,15,17). The third kappa shape index (κ3) is 2.45. The number of urea groups is 1. The molecule has 0 aliphatic carbocycles. The van der Waals surface area contributed by atoms with E-state index in [-0.39, 0.29) is 12.0 Å². The van der Waals surface area contributed by atoms with E-state index in [2.05, 4.69) is 14.7 Å². The van der Waals surface area contributed by atoms with Crippen LogP contribution in [-0.2, 0) is 0 Å². The summed E-state index contributed by atoms with van der Waals surface area (Å²) in [5.74, 6) is 0. The van der Waals surface area contributed by atoms with Gasteiger partial charge in [-0.3, -0.25) is 0 Å². The first-order valence-electron chi connectivity index (χ1n) is 5.99. The van der Waals surface area contributed by atoms with Crippen LogP contribution in [-0.4, -0.2) is 46.8 Å². The molecule has 1 aromatic rings. The Hall–Kier alpha value is -0.840. The number of carbonyl (C=O) groups is 1. The van der Waals surface area contributed by atoms with Crippen LogP contribution in [0.5, 0.6) is 6.01 Å². The molecule has 3 heterocycles. The minimum atomic E-state index is -2.38. The van der Waals surface area contributed by atoms with E-state index in [4.69, 9.17) is 8.30 Å². The van der Waals surface area contributed by atoms with E-state index >= 15 is 0 Å². The molecular weight excluding hydrogens is 381 g/mol. The minimum absolute atomic E-state index is 0.150. The van der Waals surface area contributed by atoms with Crippen molar-refractivity contribution in [1.29, 1.82) is 3.56 Å². The van der Waals surface area contributed by atoms with Crippen molar-refractivity contribution in [3.8, 4) is 6.01 Å². The van der Waals surface area contributed by atoms with Crippen LogP contribution in [0.15, 0.2) is 0 Å². The summed E-state index contributed by atoms with van der Waals surface area (Å²) >= 11 is -1.28. The zero-order valence-electron chi connectivity index (χ0n) is 10.6. The first kappa shape index (κ1) is 13.2. The molecule has 2 fully saturated rings. The Kier molecular flexibility index (Phi) is 3.41. The van der Waals surface area contributed by atoms with E-state index in [1.54, 1.807) is 4.90 Å². The predicted molar refractivity (Wildman–Crippen MR) is 81.7 cm³/mol. The van der Waals surface area contributed by atoms with Gasteiger partial charge in [-0.05, 0) is 0 Å². The van der Waals surface area contributed by atoms with Gasteiger partial charge in [-0.1, -0.05) is 0 Å². The average molecular weight is 397 g/mol. The Bertz CT molecular complexity index is 548. The fourth-order valence-electron chi connectivity index (χ4n) is 2.48. The van der Waals surface area contributed by atoms with Crippen LogP contribution in [0.4, 0.5) is 9.93 Å². The summed E-state index contributed by atoms with van der Waals surface area (Å²) in [5, 5.41) is 3.19. The fraction of sp³-hybridized carbons (Fsp3) is 0.700. The second kappa shape index (κ2) is 4.93. The number of hydrogen-bond acceptors (Lipinski definition) is 6. The molecule has 7 nitrogen and oxygen atoms in total. The number of alkyl halides is 3. The number of fused-ring (bicyclic) bond motifs is 1. The van der Waals surface area contributed by atoms with Crippen molar-refractivity contribution in [1.82, 2.24) is 14.3 Å². The fourth-order valence-corrected chi connectivity index (χ4v) is 11.5. The van der Waals surface area contributed by atoms with Crippen molar-refractivity contribution in [3.63, 3.8) is 0 Å². The molecule has 0 radical (unpaired) electrons. The summed E-state index contributed by atoms with van der Waals surface area (Å²) in [6.07, 6.45) is 2.32. The number of hydrogen-bond donors (Lipinski definition) is 2. The van der Waals surface area contributed by atoms with E-state index < -0.39 is 18.3 Å². The maximum absolute atomic E-state index is 12.1. The molecule has 0 spiro atoms. The molecule has 1 aromatic heterocycles. The van der Waals surface area contributed by atoms with Crippen molar-refractivity contribution in [2.75, 3.05) is 28.0 Å². The second-order valence-corrected chi connectivity index (χ2v) is 13.9. The zero-order chi connectivity index (χ0) is 13.5. The van der Waals surface area contributed by atoms with E-state index in [1.807, 2.05) is 0 Å². The Labute approximate surface area is 119 Å². The van der Waals surface area contributed by atoms with Crippen LogP contribution in [0.3, 0.4) is 0 Å². The van der Waals surface area contributed by atoms with Crippen molar-refractivity contribution in [2.24, 2.45) is 0 Å². The molecule has 2 N–H and O–H groups in total. The number of carbonyl (C=O) groups excluding carboxylic acids is 1. The molecule has 2 unspecified atom stereocenters. The summed E-state index contributed by atoms with van der Waals surface area (Å²) in [7, 11) is 1.49. The first-order valence-corrected chi connectivity index (χ1v) is 12.1. The summed E-state index contributed by atoms with van der Waals surface area (Å²) < 4.78 is 19.6. The number of nitrogens with one attached hydrogen (secondary N) is 2. The van der Waals surface area contributed by atoms with Crippen LogP contribution < -0.4 is 10.1 Å². The second-order valence-electron chi connectivity index (χ2n) is 4.66. The van der Waals surface area contributed by atoms with Gasteiger partial charge >= 0.3 is 119 Å². The van der Waals surface area contributed by atoms with Crippen molar-refractivity contribution in [3.05, 3.63) is 0 Å². The zero-order valence-corrected chi connectivity index (χ0v) is 13.5. The van der Waals surface area contributed by atoms with Gasteiger partial charge in [-0.15, -0.1) is 0 Å². The molecule has 9 heteroatoms. The third-order valence-corrected chi connectivity index (χ3v) is 13.2. The van der Waals surface area contributed by atoms with Gasteiger partial charge in [-0.25, -0.2) is 0 Å². The summed E-state index contributed by atoms with van der Waals surface area (Å²) in [6, 6.07) is 0.121. The number of halogens is 1. The number of methoxy groups -OCH3 is 1. The van der Waals surface area contributed by atoms with E-state index in [0.717, 1.165) is 28.9 Å². The third-order valence-electron chi connectivity index (χ3n) is 3.45. The topological polar surface area (TPSA) is 91.2 Å². The number of amides is 2. The van der Waals surface area contributed by atoms with Gasteiger partial charge in [0.05, 0.1) is 0 Å². The van der Waals surface area contributed by atoms with Crippen molar-refractivity contribution >= 4 is 41.0 Å². The average Bonchev–Trinajstić information content (AvgIpc) is 3.02. The van der Waals surface area contributed by atoms with E-state index in [0.29, 0.717) is 13.6 Å².